The zero-order valence-corrected chi connectivity index (χ0v) is 14.0. The highest BCUT2D eigenvalue weighted by Crippen LogP contribution is 2.61. The van der Waals surface area contributed by atoms with Crippen LogP contribution in [0.15, 0.2) is 36.4 Å². The Balaban J connectivity index is 2.35. The molecule has 0 amide bonds. The lowest BCUT2D eigenvalue weighted by Crippen LogP contribution is -2.37. The summed E-state index contributed by atoms with van der Waals surface area (Å²) in [5.74, 6) is 0. The molecule has 0 saturated heterocycles. The summed E-state index contributed by atoms with van der Waals surface area (Å²) in [5.41, 5.74) is 2.54. The number of rotatable bonds is 2. The van der Waals surface area contributed by atoms with E-state index >= 15 is 0 Å². The van der Waals surface area contributed by atoms with Crippen LogP contribution in [0.3, 0.4) is 0 Å². The van der Waals surface area contributed by atoms with Crippen molar-refractivity contribution < 1.29 is 0 Å². The lowest BCUT2D eigenvalue weighted by atomic mass is 10.1. The van der Waals surface area contributed by atoms with E-state index in [-0.39, 0.29) is 0 Å². The van der Waals surface area contributed by atoms with E-state index in [9.17, 15) is 0 Å². The summed E-state index contributed by atoms with van der Waals surface area (Å²) in [6, 6.07) is 13.8. The van der Waals surface area contributed by atoms with Crippen molar-refractivity contribution in [3.63, 3.8) is 0 Å². The molecule has 3 rings (SSSR count). The van der Waals surface area contributed by atoms with Crippen LogP contribution in [-0.4, -0.2) is 12.1 Å². The highest BCUT2D eigenvalue weighted by molar-refractivity contribution is 7.86. The summed E-state index contributed by atoms with van der Waals surface area (Å²) in [6.45, 7) is 8.85. The van der Waals surface area contributed by atoms with E-state index in [1.165, 1.54) is 22.1 Å². The van der Waals surface area contributed by atoms with Gasteiger partial charge >= 0.3 is 0 Å². The minimum atomic E-state index is -0.871. The highest BCUT2D eigenvalue weighted by Gasteiger charge is 2.35. The van der Waals surface area contributed by atoms with Crippen molar-refractivity contribution in [2.24, 2.45) is 0 Å². The molecule has 2 aromatic carbocycles. The summed E-state index contributed by atoms with van der Waals surface area (Å²) in [7, 11) is -0.871. The lowest BCUT2D eigenvalue weighted by molar-refractivity contribution is 0.794. The number of hydrogen-bond donors (Lipinski definition) is 0. The first-order chi connectivity index (χ1) is 9.52. The average Bonchev–Trinajstić information content (AvgIpc) is 2.38. The van der Waals surface area contributed by atoms with Gasteiger partial charge in [-0.1, -0.05) is 24.3 Å². The van der Waals surface area contributed by atoms with Crippen LogP contribution in [0, 0.1) is 0 Å². The van der Waals surface area contributed by atoms with Crippen LogP contribution in [-0.2, 0) is 0 Å². The molecule has 0 unspecified atom stereocenters. The molecule has 0 atom stereocenters. The minimum Gasteiger partial charge on any atom is -0.318 e. The van der Waals surface area contributed by atoms with Gasteiger partial charge in [0.25, 0.3) is 0 Å². The highest BCUT2D eigenvalue weighted by atomic mass is 35.7. The topological polar surface area (TPSA) is 6.48 Å². The molecule has 0 spiro atoms. The molecule has 20 heavy (non-hydrogen) atoms. The molecule has 0 N–H and O–H groups in total. The van der Waals surface area contributed by atoms with Gasteiger partial charge in [-0.25, -0.2) is 0 Å². The fraction of sp³-hybridized carbons (Fsp3) is 0.375. The largest absolute Gasteiger partial charge is 0.318 e. The van der Waals surface area contributed by atoms with Crippen LogP contribution in [0.1, 0.15) is 27.7 Å². The van der Waals surface area contributed by atoms with Crippen molar-refractivity contribution in [1.29, 1.82) is 0 Å². The van der Waals surface area contributed by atoms with Crippen molar-refractivity contribution in [1.82, 2.24) is 0 Å². The third kappa shape index (κ3) is 1.98. The van der Waals surface area contributed by atoms with Gasteiger partial charge in [-0.05, 0) is 56.5 Å². The van der Waals surface area contributed by atoms with Crippen LogP contribution in [0.25, 0.3) is 10.8 Å². The minimum absolute atomic E-state index is 0.388. The van der Waals surface area contributed by atoms with Crippen molar-refractivity contribution >= 4 is 41.0 Å². The summed E-state index contributed by atoms with van der Waals surface area (Å²) >= 11 is 6.87. The number of benzene rings is 2. The zero-order valence-electron chi connectivity index (χ0n) is 12.3. The Morgan fingerprint density at radius 1 is 0.850 bits per heavy atom. The molecule has 2 aromatic rings. The predicted molar refractivity (Wildman–Crippen MR) is 92.0 cm³/mol. The normalized spacial score (nSPS) is 15.8. The quantitative estimate of drug-likeness (QED) is 0.652. The summed E-state index contributed by atoms with van der Waals surface area (Å²) in [4.78, 5) is 0. The zero-order chi connectivity index (χ0) is 14.4. The molecule has 1 aliphatic rings. The second-order valence-electron chi connectivity index (χ2n) is 5.77. The average molecular weight is 307 g/mol. The molecule has 4 heteroatoms. The second-order valence-corrected chi connectivity index (χ2v) is 8.02. The van der Waals surface area contributed by atoms with Crippen molar-refractivity contribution in [2.75, 3.05) is 9.34 Å². The van der Waals surface area contributed by atoms with E-state index in [0.29, 0.717) is 12.1 Å². The molecule has 106 valence electrons. The summed E-state index contributed by atoms with van der Waals surface area (Å²) in [5, 5.41) is 2.62. The number of anilines is 2. The first-order valence-electron chi connectivity index (χ1n) is 7.08. The van der Waals surface area contributed by atoms with Crippen LogP contribution < -0.4 is 9.34 Å². The monoisotopic (exact) mass is 306 g/mol. The van der Waals surface area contributed by atoms with Crippen LogP contribution in [0.5, 0.6) is 0 Å². The number of hydrogen-bond acceptors (Lipinski definition) is 2. The van der Waals surface area contributed by atoms with Gasteiger partial charge in [-0.3, -0.25) is 0 Å². The Bertz CT molecular complexity index is 591. The molecular weight excluding hydrogens is 287 g/mol. The Kier molecular flexibility index (Phi) is 3.56. The van der Waals surface area contributed by atoms with Crippen LogP contribution >= 0.6 is 18.8 Å². The predicted octanol–water partition coefficient (Wildman–Crippen LogP) is 5.75. The molecule has 0 radical (unpaired) electrons. The molecule has 0 saturated carbocycles. The van der Waals surface area contributed by atoms with E-state index in [0.717, 1.165) is 0 Å². The fourth-order valence-corrected chi connectivity index (χ4v) is 6.10. The molecule has 2 nitrogen and oxygen atoms in total. The fourth-order valence-electron chi connectivity index (χ4n) is 2.90. The van der Waals surface area contributed by atoms with E-state index in [1.807, 2.05) is 0 Å². The Hall–Kier alpha value is -0.980. The molecule has 1 heterocycles. The molecular formula is C16H20ClN2P. The van der Waals surface area contributed by atoms with E-state index < -0.39 is 7.58 Å². The first kappa shape index (κ1) is 14.0. The van der Waals surface area contributed by atoms with Crippen molar-refractivity contribution in [2.45, 2.75) is 39.8 Å². The Labute approximate surface area is 127 Å². The molecule has 0 bridgehead atoms. The smallest absolute Gasteiger partial charge is 0.198 e. The van der Waals surface area contributed by atoms with Gasteiger partial charge in [0, 0.05) is 17.5 Å². The van der Waals surface area contributed by atoms with Gasteiger partial charge in [0.05, 0.1) is 11.4 Å². The van der Waals surface area contributed by atoms with E-state index in [2.05, 4.69) is 73.4 Å². The first-order valence-corrected chi connectivity index (χ1v) is 9.23. The standard InChI is InChI=1S/C16H20ClN2P/c1-11(2)18-14-9-5-7-13-8-6-10-15(16(13)14)19(12(3)4)20(18)17/h5-12H,1-4H3. The van der Waals surface area contributed by atoms with Crippen molar-refractivity contribution in [3.8, 4) is 0 Å². The van der Waals surface area contributed by atoms with E-state index in [4.69, 9.17) is 11.2 Å². The maximum Gasteiger partial charge on any atom is 0.198 e. The molecule has 0 fully saturated rings. The van der Waals surface area contributed by atoms with Gasteiger partial charge in [0.15, 0.2) is 7.58 Å². The van der Waals surface area contributed by atoms with Gasteiger partial charge in [0.2, 0.25) is 0 Å². The second kappa shape index (κ2) is 5.09. The number of halogens is 1. The third-order valence-electron chi connectivity index (χ3n) is 3.69. The van der Waals surface area contributed by atoms with Gasteiger partial charge in [-0.2, -0.15) is 0 Å². The Morgan fingerprint density at radius 3 is 1.70 bits per heavy atom. The van der Waals surface area contributed by atoms with Crippen molar-refractivity contribution in [3.05, 3.63) is 36.4 Å². The molecule has 0 aromatic heterocycles. The summed E-state index contributed by atoms with van der Waals surface area (Å²) < 4.78 is 4.73. The maximum atomic E-state index is 6.87. The van der Waals surface area contributed by atoms with Gasteiger partial charge < -0.3 is 9.34 Å². The van der Waals surface area contributed by atoms with Crippen LogP contribution in [0.4, 0.5) is 11.4 Å². The molecule has 1 aliphatic heterocycles. The lowest BCUT2D eigenvalue weighted by Gasteiger charge is -2.46. The molecule has 0 aliphatic carbocycles. The SMILES string of the molecule is CC(C)N1c2cccc3cccc(c23)N(C(C)C)P1Cl. The van der Waals surface area contributed by atoms with Gasteiger partial charge in [-0.15, -0.1) is 0 Å². The van der Waals surface area contributed by atoms with Crippen LogP contribution in [0.2, 0.25) is 0 Å². The van der Waals surface area contributed by atoms with Gasteiger partial charge in [0.1, 0.15) is 0 Å². The Morgan fingerprint density at radius 2 is 1.30 bits per heavy atom. The number of nitrogens with zero attached hydrogens (tertiary/aromatic N) is 2. The summed E-state index contributed by atoms with van der Waals surface area (Å²) in [6.07, 6.45) is 0. The maximum absolute atomic E-state index is 6.87. The third-order valence-corrected chi connectivity index (χ3v) is 6.73. The van der Waals surface area contributed by atoms with E-state index in [1.54, 1.807) is 0 Å².